The monoisotopic (exact) mass is 481 g/mol. The van der Waals surface area contributed by atoms with Crippen LogP contribution in [0.1, 0.15) is 48.0 Å². The van der Waals surface area contributed by atoms with Crippen LogP contribution < -0.4 is 0 Å². The Bertz CT molecular complexity index is 438. The number of ether oxygens (including phenoxy) is 3. The van der Waals surface area contributed by atoms with Gasteiger partial charge in [-0.1, -0.05) is 0 Å². The van der Waals surface area contributed by atoms with Crippen molar-refractivity contribution in [3.63, 3.8) is 0 Å². The van der Waals surface area contributed by atoms with Crippen molar-refractivity contribution in [2.45, 2.75) is 54.0 Å². The van der Waals surface area contributed by atoms with Crippen LogP contribution in [0.5, 0.6) is 0 Å². The molecule has 0 aromatic heterocycles. The van der Waals surface area contributed by atoms with Gasteiger partial charge in [0.25, 0.3) is 0 Å². The molecule has 0 spiro atoms. The summed E-state index contributed by atoms with van der Waals surface area (Å²) in [6.45, 7) is 16.5. The fourth-order valence-electron chi connectivity index (χ4n) is 3.04. The van der Waals surface area contributed by atoms with Crippen LogP contribution in [0.3, 0.4) is 0 Å². The van der Waals surface area contributed by atoms with Crippen LogP contribution in [-0.4, -0.2) is 110 Å². The first-order chi connectivity index (χ1) is 15.4. The summed E-state index contributed by atoms with van der Waals surface area (Å²) in [6.07, 6.45) is 0.834. The van der Waals surface area contributed by atoms with Gasteiger partial charge in [-0.05, 0) is 61.6 Å². The highest BCUT2D eigenvalue weighted by molar-refractivity contribution is 6.60. The van der Waals surface area contributed by atoms with E-state index in [2.05, 4.69) is 4.90 Å². The predicted molar refractivity (Wildman–Crippen MR) is 126 cm³/mol. The zero-order valence-corrected chi connectivity index (χ0v) is 22.4. The van der Waals surface area contributed by atoms with E-state index in [0.717, 1.165) is 19.0 Å². The van der Waals surface area contributed by atoms with E-state index in [-0.39, 0.29) is 26.2 Å². The second-order valence-electron chi connectivity index (χ2n) is 7.03. The molecule has 0 aromatic carbocycles. The van der Waals surface area contributed by atoms with E-state index in [4.69, 9.17) is 27.5 Å². The molecule has 0 saturated heterocycles. The second-order valence-corrected chi connectivity index (χ2v) is 9.77. The zero-order chi connectivity index (χ0) is 24.2. The summed E-state index contributed by atoms with van der Waals surface area (Å²) in [5, 5.41) is 0. The number of rotatable bonds is 21. The van der Waals surface area contributed by atoms with Gasteiger partial charge in [0, 0.05) is 45.7 Å². The van der Waals surface area contributed by atoms with Crippen molar-refractivity contribution in [1.29, 1.82) is 0 Å². The first-order valence-corrected chi connectivity index (χ1v) is 13.7. The number of hydrogen-bond donors (Lipinski definition) is 0. The highest BCUT2D eigenvalue weighted by atomic mass is 28.4. The molecule has 11 heteroatoms. The van der Waals surface area contributed by atoms with Crippen molar-refractivity contribution in [2.24, 2.45) is 0 Å². The Hall–Kier alpha value is -0.793. The molecule has 10 nitrogen and oxygen atoms in total. The summed E-state index contributed by atoms with van der Waals surface area (Å²) in [4.78, 5) is 18.4. The maximum Gasteiger partial charge on any atom is 0.500 e. The Morgan fingerprint density at radius 3 is 1.53 bits per heavy atom. The van der Waals surface area contributed by atoms with Gasteiger partial charge in [0.15, 0.2) is 0 Å². The lowest BCUT2D eigenvalue weighted by atomic mass is 10.4. The van der Waals surface area contributed by atoms with Gasteiger partial charge in [-0.2, -0.15) is 0 Å². The Balaban J connectivity index is 4.99. The molecule has 0 N–H and O–H groups in total. The van der Waals surface area contributed by atoms with Crippen molar-refractivity contribution in [3.8, 4) is 0 Å². The smallest absolute Gasteiger partial charge is 0.374 e. The minimum Gasteiger partial charge on any atom is -0.374 e. The molecule has 0 heterocycles. The van der Waals surface area contributed by atoms with E-state index >= 15 is 0 Å². The summed E-state index contributed by atoms with van der Waals surface area (Å²) < 4.78 is 34.2. The topological polar surface area (TPSA) is 82.2 Å². The standard InChI is InChI=1S/C21H47N3O7Si/c1-8-26-18-23(21(25)24(19-27-9-2)20-28-10-3)17-22(7)15-14-16-32(29-11-4,30-12-5)31-13-6/h8-20H2,1-7H3. The van der Waals surface area contributed by atoms with E-state index in [1.807, 2.05) is 48.6 Å². The van der Waals surface area contributed by atoms with E-state index in [1.165, 1.54) is 4.90 Å². The summed E-state index contributed by atoms with van der Waals surface area (Å²) in [6, 6.07) is 0.543. The molecule has 0 saturated carbocycles. The number of amides is 2. The molecular weight excluding hydrogens is 434 g/mol. The lowest BCUT2D eigenvalue weighted by Gasteiger charge is -2.33. The Labute approximate surface area is 196 Å². The van der Waals surface area contributed by atoms with Crippen molar-refractivity contribution in [1.82, 2.24) is 14.7 Å². The Morgan fingerprint density at radius 2 is 1.12 bits per heavy atom. The minimum atomic E-state index is -2.67. The van der Waals surface area contributed by atoms with Gasteiger partial charge >= 0.3 is 14.8 Å². The SMILES string of the molecule is CCOCN(COCC)C(=O)N(COCC)CN(C)CCC[Si](OCC)(OCC)OCC. The maximum atomic E-state index is 13.1. The molecule has 0 aliphatic heterocycles. The molecule has 0 fully saturated rings. The third-order valence-corrected chi connectivity index (χ3v) is 7.57. The molecule has 2 amide bonds. The molecule has 0 aromatic rings. The van der Waals surface area contributed by atoms with Crippen LogP contribution in [0.2, 0.25) is 6.04 Å². The van der Waals surface area contributed by atoms with Crippen LogP contribution in [0.15, 0.2) is 0 Å². The molecule has 192 valence electrons. The third kappa shape index (κ3) is 13.0. The summed E-state index contributed by atoms with van der Waals surface area (Å²) in [7, 11) is -0.687. The van der Waals surface area contributed by atoms with Crippen molar-refractivity contribution in [3.05, 3.63) is 0 Å². The molecule has 0 atom stereocenters. The number of nitrogens with zero attached hydrogens (tertiary/aromatic N) is 3. The van der Waals surface area contributed by atoms with E-state index in [1.54, 1.807) is 4.90 Å². The van der Waals surface area contributed by atoms with Gasteiger partial charge in [-0.3, -0.25) is 14.7 Å². The van der Waals surface area contributed by atoms with Gasteiger partial charge in [0.1, 0.15) is 20.2 Å². The second kappa shape index (κ2) is 19.7. The van der Waals surface area contributed by atoms with Crippen molar-refractivity contribution < 1.29 is 32.3 Å². The van der Waals surface area contributed by atoms with Crippen LogP contribution >= 0.6 is 0 Å². The Morgan fingerprint density at radius 1 is 0.688 bits per heavy atom. The van der Waals surface area contributed by atoms with Crippen molar-refractivity contribution >= 4 is 14.8 Å². The molecule has 0 bridgehead atoms. The largest absolute Gasteiger partial charge is 0.500 e. The van der Waals surface area contributed by atoms with Gasteiger partial charge in [-0.25, -0.2) is 4.79 Å². The average Bonchev–Trinajstić information content (AvgIpc) is 2.77. The van der Waals surface area contributed by atoms with Gasteiger partial charge in [-0.15, -0.1) is 0 Å². The van der Waals surface area contributed by atoms with Gasteiger partial charge in [0.2, 0.25) is 0 Å². The normalized spacial score (nSPS) is 11.9. The van der Waals surface area contributed by atoms with Crippen LogP contribution in [0, 0.1) is 0 Å². The first-order valence-electron chi connectivity index (χ1n) is 11.8. The van der Waals surface area contributed by atoms with Crippen LogP contribution in [0.25, 0.3) is 0 Å². The quantitative estimate of drug-likeness (QED) is 0.183. The van der Waals surface area contributed by atoms with E-state index in [0.29, 0.717) is 46.3 Å². The molecule has 0 aliphatic rings. The zero-order valence-electron chi connectivity index (χ0n) is 21.4. The van der Waals surface area contributed by atoms with Crippen molar-refractivity contribution in [2.75, 3.05) is 80.1 Å². The number of carbonyl (C=O) groups excluding carboxylic acids is 1. The predicted octanol–water partition coefficient (Wildman–Crippen LogP) is 3.02. The minimum absolute atomic E-state index is 0.173. The van der Waals surface area contributed by atoms with Gasteiger partial charge < -0.3 is 27.5 Å². The molecule has 0 unspecified atom stereocenters. The third-order valence-electron chi connectivity index (χ3n) is 4.42. The summed E-state index contributed by atoms with van der Waals surface area (Å²) in [5.74, 6) is 0. The first kappa shape index (κ1) is 31.2. The molecule has 0 radical (unpaired) electrons. The molecule has 32 heavy (non-hydrogen) atoms. The average molecular weight is 482 g/mol. The number of carbonyl (C=O) groups is 1. The highest BCUT2D eigenvalue weighted by Gasteiger charge is 2.39. The highest BCUT2D eigenvalue weighted by Crippen LogP contribution is 2.18. The van der Waals surface area contributed by atoms with Crippen LogP contribution in [-0.2, 0) is 27.5 Å². The molecule has 0 aliphatic carbocycles. The van der Waals surface area contributed by atoms with Crippen LogP contribution in [0.4, 0.5) is 4.79 Å². The summed E-state index contributed by atoms with van der Waals surface area (Å²) in [5.41, 5.74) is 0. The number of hydrogen-bond acceptors (Lipinski definition) is 8. The van der Waals surface area contributed by atoms with E-state index in [9.17, 15) is 4.79 Å². The lowest BCUT2D eigenvalue weighted by Crippen LogP contribution is -2.50. The number of urea groups is 1. The van der Waals surface area contributed by atoms with Gasteiger partial charge in [0.05, 0.1) is 6.67 Å². The maximum absolute atomic E-state index is 13.1. The fraction of sp³-hybridized carbons (Fsp3) is 0.952. The lowest BCUT2D eigenvalue weighted by molar-refractivity contribution is -0.0400. The fourth-order valence-corrected chi connectivity index (χ4v) is 5.63. The summed E-state index contributed by atoms with van der Waals surface area (Å²) >= 11 is 0. The molecule has 0 rings (SSSR count). The Kier molecular flexibility index (Phi) is 19.2. The molecular formula is C21H47N3O7Si. The van der Waals surface area contributed by atoms with E-state index < -0.39 is 8.80 Å².